The van der Waals surface area contributed by atoms with Crippen LogP contribution in [0.1, 0.15) is 37.2 Å². The molecule has 1 amide bonds. The third kappa shape index (κ3) is 5.13. The van der Waals surface area contributed by atoms with Crippen LogP contribution in [-0.4, -0.2) is 33.4 Å². The lowest BCUT2D eigenvalue weighted by molar-refractivity contribution is -0.121. The standard InChI is InChI=1S/C19H26FN3O2/c1-12(2)9-17(24)11-21-19(25)10-18-13(3)22-23(14(18)4)16-7-5-15(20)6-8-16/h5-8,12,17,24H,9-11H2,1-4H3,(H,21,25). The predicted octanol–water partition coefficient (Wildman–Crippen LogP) is 2.69. The maximum Gasteiger partial charge on any atom is 0.224 e. The second-order valence-corrected chi connectivity index (χ2v) is 6.80. The van der Waals surface area contributed by atoms with Gasteiger partial charge >= 0.3 is 0 Å². The van der Waals surface area contributed by atoms with Crippen LogP contribution in [0, 0.1) is 25.6 Å². The third-order valence-corrected chi connectivity index (χ3v) is 4.13. The number of rotatable bonds is 7. The van der Waals surface area contributed by atoms with Crippen LogP contribution in [0.25, 0.3) is 5.69 Å². The number of hydrogen-bond donors (Lipinski definition) is 2. The minimum Gasteiger partial charge on any atom is -0.391 e. The van der Waals surface area contributed by atoms with Crippen LogP contribution in [0.5, 0.6) is 0 Å². The van der Waals surface area contributed by atoms with Crippen LogP contribution >= 0.6 is 0 Å². The summed E-state index contributed by atoms with van der Waals surface area (Å²) in [6, 6.07) is 6.07. The maximum absolute atomic E-state index is 13.1. The predicted molar refractivity (Wildman–Crippen MR) is 95.2 cm³/mol. The molecule has 0 aliphatic rings. The van der Waals surface area contributed by atoms with Gasteiger partial charge in [0.15, 0.2) is 0 Å². The number of nitrogens with one attached hydrogen (secondary N) is 1. The molecule has 2 rings (SSSR count). The summed E-state index contributed by atoms with van der Waals surface area (Å²) in [5.41, 5.74) is 3.21. The highest BCUT2D eigenvalue weighted by atomic mass is 19.1. The number of aliphatic hydroxyl groups excluding tert-OH is 1. The Morgan fingerprint density at radius 1 is 1.28 bits per heavy atom. The number of halogens is 1. The van der Waals surface area contributed by atoms with Crippen LogP contribution in [0.3, 0.4) is 0 Å². The molecule has 5 nitrogen and oxygen atoms in total. The van der Waals surface area contributed by atoms with Crippen LogP contribution in [0.2, 0.25) is 0 Å². The van der Waals surface area contributed by atoms with E-state index in [2.05, 4.69) is 10.4 Å². The van der Waals surface area contributed by atoms with Gasteiger partial charge in [-0.25, -0.2) is 9.07 Å². The number of benzene rings is 1. The molecule has 1 heterocycles. The number of nitrogens with zero attached hydrogens (tertiary/aromatic N) is 2. The van der Waals surface area contributed by atoms with E-state index >= 15 is 0 Å². The smallest absolute Gasteiger partial charge is 0.224 e. The second kappa shape index (κ2) is 8.25. The highest BCUT2D eigenvalue weighted by Gasteiger charge is 2.17. The molecule has 1 atom stereocenters. The Kier molecular flexibility index (Phi) is 6.31. The van der Waals surface area contributed by atoms with Gasteiger partial charge in [0.2, 0.25) is 5.91 Å². The van der Waals surface area contributed by atoms with Gasteiger partial charge < -0.3 is 10.4 Å². The normalized spacial score (nSPS) is 12.4. The summed E-state index contributed by atoms with van der Waals surface area (Å²) < 4.78 is 14.8. The van der Waals surface area contributed by atoms with Crippen LogP contribution in [0.4, 0.5) is 4.39 Å². The zero-order valence-corrected chi connectivity index (χ0v) is 15.2. The van der Waals surface area contributed by atoms with Crippen molar-refractivity contribution in [2.75, 3.05) is 6.54 Å². The molecular weight excluding hydrogens is 321 g/mol. The summed E-state index contributed by atoms with van der Waals surface area (Å²) in [5.74, 6) is -0.0668. The van der Waals surface area contributed by atoms with Gasteiger partial charge in [0, 0.05) is 17.8 Å². The zero-order chi connectivity index (χ0) is 18.6. The van der Waals surface area contributed by atoms with Crippen molar-refractivity contribution in [1.82, 2.24) is 15.1 Å². The minimum atomic E-state index is -0.534. The average molecular weight is 347 g/mol. The van der Waals surface area contributed by atoms with Gasteiger partial charge in [0.05, 0.1) is 23.9 Å². The van der Waals surface area contributed by atoms with E-state index in [-0.39, 0.29) is 24.7 Å². The number of amides is 1. The Bertz CT molecular complexity index is 723. The molecule has 0 saturated carbocycles. The van der Waals surface area contributed by atoms with E-state index in [4.69, 9.17) is 0 Å². The fraction of sp³-hybridized carbons (Fsp3) is 0.474. The molecule has 1 aromatic heterocycles. The van der Waals surface area contributed by atoms with Crippen LogP contribution in [-0.2, 0) is 11.2 Å². The Morgan fingerprint density at radius 3 is 2.52 bits per heavy atom. The van der Waals surface area contributed by atoms with Crippen LogP contribution < -0.4 is 5.32 Å². The van der Waals surface area contributed by atoms with Gasteiger partial charge in [0.25, 0.3) is 0 Å². The summed E-state index contributed by atoms with van der Waals surface area (Å²) in [5, 5.41) is 17.1. The lowest BCUT2D eigenvalue weighted by Crippen LogP contribution is -2.33. The van der Waals surface area contributed by atoms with E-state index < -0.39 is 6.10 Å². The molecule has 1 unspecified atom stereocenters. The van der Waals surface area contributed by atoms with E-state index in [1.807, 2.05) is 27.7 Å². The van der Waals surface area contributed by atoms with Crippen molar-refractivity contribution in [3.63, 3.8) is 0 Å². The quantitative estimate of drug-likeness (QED) is 0.809. The summed E-state index contributed by atoms with van der Waals surface area (Å²) in [6.45, 7) is 8.05. The molecule has 136 valence electrons. The van der Waals surface area contributed by atoms with E-state index in [1.54, 1.807) is 16.8 Å². The van der Waals surface area contributed by atoms with Gasteiger partial charge in [-0.05, 0) is 50.5 Å². The molecule has 6 heteroatoms. The highest BCUT2D eigenvalue weighted by Crippen LogP contribution is 2.18. The molecule has 0 aliphatic heterocycles. The topological polar surface area (TPSA) is 67.2 Å². The number of hydrogen-bond acceptors (Lipinski definition) is 3. The van der Waals surface area contributed by atoms with Gasteiger partial charge in [-0.15, -0.1) is 0 Å². The molecule has 2 N–H and O–H groups in total. The molecule has 0 bridgehead atoms. The lowest BCUT2D eigenvalue weighted by atomic mass is 10.1. The van der Waals surface area contributed by atoms with E-state index in [1.165, 1.54) is 12.1 Å². The molecule has 0 spiro atoms. The van der Waals surface area contributed by atoms with Crippen molar-refractivity contribution in [3.05, 3.63) is 47.0 Å². The Morgan fingerprint density at radius 2 is 1.92 bits per heavy atom. The molecule has 0 saturated heterocycles. The first-order valence-electron chi connectivity index (χ1n) is 8.53. The molecule has 2 aromatic rings. The SMILES string of the molecule is Cc1nn(-c2ccc(F)cc2)c(C)c1CC(=O)NCC(O)CC(C)C. The van der Waals surface area contributed by atoms with Gasteiger partial charge in [-0.3, -0.25) is 4.79 Å². The van der Waals surface area contributed by atoms with Crippen molar-refractivity contribution in [1.29, 1.82) is 0 Å². The van der Waals surface area contributed by atoms with E-state index in [0.717, 1.165) is 22.6 Å². The largest absolute Gasteiger partial charge is 0.391 e. The Labute approximate surface area is 147 Å². The molecule has 0 radical (unpaired) electrons. The molecule has 25 heavy (non-hydrogen) atoms. The number of carbonyl (C=O) groups is 1. The fourth-order valence-electron chi connectivity index (χ4n) is 2.85. The van der Waals surface area contributed by atoms with Crippen molar-refractivity contribution in [2.45, 2.75) is 46.6 Å². The first-order chi connectivity index (χ1) is 11.8. The number of aryl methyl sites for hydroxylation is 1. The Hall–Kier alpha value is -2.21. The minimum absolute atomic E-state index is 0.146. The maximum atomic E-state index is 13.1. The van der Waals surface area contributed by atoms with Gasteiger partial charge in [-0.1, -0.05) is 13.8 Å². The summed E-state index contributed by atoms with van der Waals surface area (Å²) in [4.78, 5) is 12.2. The fourth-order valence-corrected chi connectivity index (χ4v) is 2.85. The van der Waals surface area contributed by atoms with Gasteiger partial charge in [-0.2, -0.15) is 5.10 Å². The summed E-state index contributed by atoms with van der Waals surface area (Å²) >= 11 is 0. The molecule has 1 aromatic carbocycles. The summed E-state index contributed by atoms with van der Waals surface area (Å²) in [6.07, 6.45) is 0.321. The van der Waals surface area contributed by atoms with E-state index in [0.29, 0.717) is 12.3 Å². The van der Waals surface area contributed by atoms with E-state index in [9.17, 15) is 14.3 Å². The zero-order valence-electron chi connectivity index (χ0n) is 15.2. The highest BCUT2D eigenvalue weighted by molar-refractivity contribution is 5.79. The van der Waals surface area contributed by atoms with Crippen molar-refractivity contribution in [3.8, 4) is 5.69 Å². The molecule has 0 fully saturated rings. The first kappa shape index (κ1) is 19.1. The number of carbonyl (C=O) groups excluding carboxylic acids is 1. The van der Waals surface area contributed by atoms with Crippen molar-refractivity contribution < 1.29 is 14.3 Å². The molecular formula is C19H26FN3O2. The number of aromatic nitrogens is 2. The monoisotopic (exact) mass is 347 g/mol. The third-order valence-electron chi connectivity index (χ3n) is 4.13. The van der Waals surface area contributed by atoms with Crippen LogP contribution in [0.15, 0.2) is 24.3 Å². The first-order valence-corrected chi connectivity index (χ1v) is 8.53. The second-order valence-electron chi connectivity index (χ2n) is 6.80. The number of aliphatic hydroxyl groups is 1. The Balaban J connectivity index is 2.05. The molecule has 0 aliphatic carbocycles. The van der Waals surface area contributed by atoms with Crippen molar-refractivity contribution >= 4 is 5.91 Å². The lowest BCUT2D eigenvalue weighted by Gasteiger charge is -2.14. The van der Waals surface area contributed by atoms with Crippen molar-refractivity contribution in [2.24, 2.45) is 5.92 Å². The average Bonchev–Trinajstić information content (AvgIpc) is 2.81. The summed E-state index contributed by atoms with van der Waals surface area (Å²) in [7, 11) is 0. The van der Waals surface area contributed by atoms with Gasteiger partial charge in [0.1, 0.15) is 5.82 Å².